The van der Waals surface area contributed by atoms with Gasteiger partial charge in [-0.3, -0.25) is 18.2 Å². The highest BCUT2D eigenvalue weighted by atomic mass is 31.2. The van der Waals surface area contributed by atoms with E-state index >= 15 is 0 Å². The molecule has 0 aromatic carbocycles. The molecule has 0 radical (unpaired) electrons. The van der Waals surface area contributed by atoms with Gasteiger partial charge in [0.2, 0.25) is 0 Å². The molecule has 9 nitrogen and oxygen atoms in total. The van der Waals surface area contributed by atoms with Crippen LogP contribution in [0.3, 0.4) is 0 Å². The summed E-state index contributed by atoms with van der Waals surface area (Å²) < 4.78 is 43.1. The summed E-state index contributed by atoms with van der Waals surface area (Å²) in [5, 5.41) is 0. The van der Waals surface area contributed by atoms with E-state index in [-0.39, 0.29) is 6.61 Å². The van der Waals surface area contributed by atoms with Crippen molar-refractivity contribution in [2.75, 3.05) is 18.9 Å². The molecule has 0 aromatic heterocycles. The van der Waals surface area contributed by atoms with Gasteiger partial charge in [0, 0.05) is 0 Å². The third kappa shape index (κ3) is 18.2. The van der Waals surface area contributed by atoms with E-state index in [0.717, 1.165) is 31.3 Å². The molecule has 0 saturated carbocycles. The predicted octanol–water partition coefficient (Wildman–Crippen LogP) is 4.90. The Hall–Kier alpha value is -0.330. The fraction of sp³-hybridized carbons (Fsp3) is 0.647. The van der Waals surface area contributed by atoms with Crippen LogP contribution in [0.5, 0.6) is 0 Å². The van der Waals surface area contributed by atoms with Gasteiger partial charge in [0.05, 0.1) is 6.61 Å². The minimum Gasteiger partial charge on any atom is -0.324 e. The van der Waals surface area contributed by atoms with E-state index in [2.05, 4.69) is 37.4 Å². The Kier molecular flexibility index (Phi) is 13.0. The first-order chi connectivity index (χ1) is 13.1. The Labute approximate surface area is 172 Å². The zero-order chi connectivity index (χ0) is 22.7. The SMILES string of the molecule is CC(C)=CCCC(C)=CCCC(C)=CCOP(=O)(O)CP(=O)(O)OCP(=O)(O)O. The molecule has 2 unspecified atom stereocenters. The second-order valence-corrected chi connectivity index (χ2v) is 12.9. The average molecular weight is 474 g/mol. The van der Waals surface area contributed by atoms with Crippen molar-refractivity contribution in [3.05, 3.63) is 34.9 Å². The topological polar surface area (TPSA) is 151 Å². The number of rotatable bonds is 14. The van der Waals surface area contributed by atoms with Crippen molar-refractivity contribution in [2.45, 2.75) is 53.4 Å². The fourth-order valence-electron chi connectivity index (χ4n) is 2.11. The van der Waals surface area contributed by atoms with Crippen LogP contribution in [-0.4, -0.2) is 38.4 Å². The molecule has 0 bridgehead atoms. The van der Waals surface area contributed by atoms with Gasteiger partial charge in [-0.2, -0.15) is 0 Å². The highest BCUT2D eigenvalue weighted by molar-refractivity contribution is 7.70. The van der Waals surface area contributed by atoms with E-state index in [1.54, 1.807) is 6.08 Å². The summed E-state index contributed by atoms with van der Waals surface area (Å²) in [7, 11) is -13.8. The molecule has 2 atom stereocenters. The van der Waals surface area contributed by atoms with E-state index in [1.807, 2.05) is 6.92 Å². The molecule has 0 aliphatic heterocycles. The van der Waals surface area contributed by atoms with Crippen LogP contribution in [0.15, 0.2) is 34.9 Å². The molecular weight excluding hydrogens is 441 g/mol. The largest absolute Gasteiger partial charge is 0.351 e. The van der Waals surface area contributed by atoms with Crippen LogP contribution in [0, 0.1) is 0 Å². The van der Waals surface area contributed by atoms with Crippen molar-refractivity contribution >= 4 is 22.8 Å². The van der Waals surface area contributed by atoms with Crippen molar-refractivity contribution < 1.29 is 42.3 Å². The third-order valence-electron chi connectivity index (χ3n) is 3.62. The van der Waals surface area contributed by atoms with Crippen LogP contribution in [0.25, 0.3) is 0 Å². The zero-order valence-corrected chi connectivity index (χ0v) is 20.0. The van der Waals surface area contributed by atoms with Crippen molar-refractivity contribution in [1.82, 2.24) is 0 Å². The third-order valence-corrected chi connectivity index (χ3v) is 8.23. The molecule has 0 spiro atoms. The van der Waals surface area contributed by atoms with Gasteiger partial charge >= 0.3 is 22.8 Å². The van der Waals surface area contributed by atoms with Gasteiger partial charge < -0.3 is 24.1 Å². The van der Waals surface area contributed by atoms with Crippen molar-refractivity contribution in [2.24, 2.45) is 0 Å². The molecule has 170 valence electrons. The van der Waals surface area contributed by atoms with Crippen LogP contribution in [-0.2, 0) is 22.7 Å². The van der Waals surface area contributed by atoms with Crippen LogP contribution in [0.1, 0.15) is 53.4 Å². The zero-order valence-electron chi connectivity index (χ0n) is 17.4. The second kappa shape index (κ2) is 13.2. The van der Waals surface area contributed by atoms with Crippen LogP contribution in [0.2, 0.25) is 0 Å². The molecule has 12 heteroatoms. The van der Waals surface area contributed by atoms with Crippen molar-refractivity contribution in [3.8, 4) is 0 Å². The molecule has 4 N–H and O–H groups in total. The van der Waals surface area contributed by atoms with E-state index in [1.165, 1.54) is 11.1 Å². The standard InChI is InChI=1S/C17H33O9P3/c1-15(2)7-5-8-16(3)9-6-10-17(4)11-12-25-28(21,22)14-29(23,24)26-13-27(18,19)20/h7,9,11H,5-6,8,10,12-14H2,1-4H3,(H,21,22)(H,23,24)(H2,18,19,20). The number of hydrogen-bond donors (Lipinski definition) is 4. The van der Waals surface area contributed by atoms with E-state index in [9.17, 15) is 23.5 Å². The van der Waals surface area contributed by atoms with Gasteiger partial charge in [-0.15, -0.1) is 0 Å². The monoisotopic (exact) mass is 474 g/mol. The first-order valence-corrected chi connectivity index (χ1v) is 14.4. The normalized spacial score (nSPS) is 17.5. The summed E-state index contributed by atoms with van der Waals surface area (Å²) in [5.41, 5.74) is 3.52. The second-order valence-electron chi connectivity index (χ2n) is 7.09. The van der Waals surface area contributed by atoms with Crippen molar-refractivity contribution in [3.63, 3.8) is 0 Å². The smallest absolute Gasteiger partial charge is 0.324 e. The van der Waals surface area contributed by atoms with Gasteiger partial charge in [-0.05, 0) is 53.4 Å². The Morgan fingerprint density at radius 1 is 0.759 bits per heavy atom. The number of hydrogen-bond acceptors (Lipinski definition) is 5. The van der Waals surface area contributed by atoms with Crippen LogP contribution in [0.4, 0.5) is 0 Å². The molecule has 0 heterocycles. The molecular formula is C17H33O9P3. The quantitative estimate of drug-likeness (QED) is 0.203. The molecule has 0 saturated heterocycles. The molecule has 29 heavy (non-hydrogen) atoms. The summed E-state index contributed by atoms with van der Waals surface area (Å²) in [6, 6.07) is 0. The van der Waals surface area contributed by atoms with Crippen molar-refractivity contribution in [1.29, 1.82) is 0 Å². The summed E-state index contributed by atoms with van der Waals surface area (Å²) in [6.45, 7) is 7.81. The summed E-state index contributed by atoms with van der Waals surface area (Å²) in [4.78, 5) is 36.3. The Balaban J connectivity index is 4.40. The summed E-state index contributed by atoms with van der Waals surface area (Å²) >= 11 is 0. The maximum absolute atomic E-state index is 11.9. The first-order valence-electron chi connectivity index (χ1n) is 9.04. The minimum absolute atomic E-state index is 0.235. The van der Waals surface area contributed by atoms with Crippen LogP contribution < -0.4 is 0 Å². The summed E-state index contributed by atoms with van der Waals surface area (Å²) in [5.74, 6) is -1.25. The Bertz CT molecular complexity index is 745. The highest BCUT2D eigenvalue weighted by Crippen LogP contribution is 2.59. The van der Waals surface area contributed by atoms with Gasteiger partial charge in [-0.1, -0.05) is 34.9 Å². The maximum Gasteiger partial charge on any atom is 0.351 e. The fourth-order valence-corrected chi connectivity index (χ4v) is 6.20. The van der Waals surface area contributed by atoms with Gasteiger partial charge in [-0.25, -0.2) is 0 Å². The van der Waals surface area contributed by atoms with Gasteiger partial charge in [0.15, 0.2) is 12.3 Å². The lowest BCUT2D eigenvalue weighted by Gasteiger charge is -2.16. The van der Waals surface area contributed by atoms with E-state index < -0.39 is 35.0 Å². The lowest BCUT2D eigenvalue weighted by atomic mass is 10.1. The molecule has 0 rings (SSSR count). The summed E-state index contributed by atoms with van der Waals surface area (Å²) in [6.07, 6.45) is 8.19. The molecule has 0 aliphatic carbocycles. The lowest BCUT2D eigenvalue weighted by molar-refractivity contribution is 0.258. The molecule has 0 aromatic rings. The van der Waals surface area contributed by atoms with Gasteiger partial charge in [0.1, 0.15) is 0 Å². The molecule has 0 aliphatic rings. The van der Waals surface area contributed by atoms with Gasteiger partial charge in [0.25, 0.3) is 0 Å². The number of allylic oxidation sites excluding steroid dienone is 5. The highest BCUT2D eigenvalue weighted by Gasteiger charge is 2.35. The Morgan fingerprint density at radius 2 is 1.24 bits per heavy atom. The van der Waals surface area contributed by atoms with Crippen LogP contribution >= 0.6 is 22.8 Å². The molecule has 0 fully saturated rings. The Morgan fingerprint density at radius 3 is 1.76 bits per heavy atom. The van der Waals surface area contributed by atoms with E-state index in [0.29, 0.717) is 0 Å². The van der Waals surface area contributed by atoms with E-state index in [4.69, 9.17) is 14.3 Å². The minimum atomic E-state index is -4.68. The molecule has 0 amide bonds. The first kappa shape index (κ1) is 28.7. The predicted molar refractivity (Wildman–Crippen MR) is 114 cm³/mol. The lowest BCUT2D eigenvalue weighted by Crippen LogP contribution is -2.01. The maximum atomic E-state index is 11.9. The average Bonchev–Trinajstić information content (AvgIpc) is 2.51.